The molecule has 0 saturated carbocycles. The molecule has 2 aromatic carbocycles. The van der Waals surface area contributed by atoms with Crippen molar-refractivity contribution in [3.8, 4) is 11.9 Å². The predicted molar refractivity (Wildman–Crippen MR) is 153 cm³/mol. The Morgan fingerprint density at radius 1 is 1.17 bits per heavy atom. The molecule has 2 aliphatic heterocycles. The van der Waals surface area contributed by atoms with Crippen LogP contribution in [0.1, 0.15) is 64.5 Å². The predicted octanol–water partition coefficient (Wildman–Crippen LogP) is 5.28. The third-order valence-electron chi connectivity index (χ3n) is 8.22. The van der Waals surface area contributed by atoms with Gasteiger partial charge >= 0.3 is 5.97 Å². The summed E-state index contributed by atoms with van der Waals surface area (Å²) in [6, 6.07) is 15.3. The van der Waals surface area contributed by atoms with Crippen LogP contribution in [0.4, 0.5) is 4.39 Å². The molecule has 0 aliphatic carbocycles. The number of carboxylic acid groups (broad SMARTS) is 1. The van der Waals surface area contributed by atoms with Crippen molar-refractivity contribution in [1.82, 2.24) is 19.4 Å². The van der Waals surface area contributed by atoms with E-state index in [9.17, 15) is 14.3 Å². The Kier molecular flexibility index (Phi) is 8.13. The first-order valence-corrected chi connectivity index (χ1v) is 14.3. The minimum atomic E-state index is -0.953. The maximum absolute atomic E-state index is 14.4. The van der Waals surface area contributed by atoms with E-state index in [2.05, 4.69) is 14.5 Å². The molecule has 0 amide bonds. The van der Waals surface area contributed by atoms with Gasteiger partial charge in [-0.25, -0.2) is 19.2 Å². The van der Waals surface area contributed by atoms with Gasteiger partial charge in [-0.3, -0.25) is 4.90 Å². The molecule has 0 bridgehead atoms. The SMILES string of the molecule is N#Cc1ccc(COc2ncccc2C2CCN(Cc3nc4ccc(C(=O)O)cc4n3C[C@@H]3CCCO3)CC2)c(F)c1. The number of carboxylic acids is 1. The molecule has 10 heteroatoms. The molecule has 42 heavy (non-hydrogen) atoms. The number of hydrogen-bond acceptors (Lipinski definition) is 7. The fourth-order valence-electron chi connectivity index (χ4n) is 5.94. The lowest BCUT2D eigenvalue weighted by molar-refractivity contribution is 0.0697. The number of fused-ring (bicyclic) bond motifs is 1. The fourth-order valence-corrected chi connectivity index (χ4v) is 5.94. The summed E-state index contributed by atoms with van der Waals surface area (Å²) >= 11 is 0. The smallest absolute Gasteiger partial charge is 0.335 e. The second-order valence-corrected chi connectivity index (χ2v) is 10.9. The van der Waals surface area contributed by atoms with Crippen LogP contribution in [-0.2, 0) is 24.4 Å². The number of hydrogen-bond donors (Lipinski definition) is 1. The monoisotopic (exact) mass is 569 g/mol. The van der Waals surface area contributed by atoms with E-state index in [0.29, 0.717) is 24.5 Å². The third kappa shape index (κ3) is 5.98. The Labute approximate surface area is 243 Å². The van der Waals surface area contributed by atoms with Gasteiger partial charge < -0.3 is 19.1 Å². The van der Waals surface area contributed by atoms with Gasteiger partial charge in [-0.2, -0.15) is 5.26 Å². The first-order chi connectivity index (χ1) is 20.5. The fraction of sp³-hybridized carbons (Fsp3) is 0.375. The number of rotatable bonds is 9. The third-order valence-corrected chi connectivity index (χ3v) is 8.22. The normalized spacial score (nSPS) is 17.9. The van der Waals surface area contributed by atoms with Crippen molar-refractivity contribution in [2.45, 2.75) is 57.4 Å². The molecular weight excluding hydrogens is 537 g/mol. The summed E-state index contributed by atoms with van der Waals surface area (Å²) in [7, 11) is 0. The van der Waals surface area contributed by atoms with E-state index >= 15 is 0 Å². The molecule has 1 N–H and O–H groups in total. The van der Waals surface area contributed by atoms with Crippen molar-refractivity contribution in [3.63, 3.8) is 0 Å². The van der Waals surface area contributed by atoms with Crippen LogP contribution < -0.4 is 4.74 Å². The van der Waals surface area contributed by atoms with Crippen LogP contribution in [0.2, 0.25) is 0 Å². The Morgan fingerprint density at radius 2 is 2.02 bits per heavy atom. The molecule has 4 aromatic rings. The number of benzene rings is 2. The molecule has 2 aliphatic rings. The summed E-state index contributed by atoms with van der Waals surface area (Å²) in [5, 5.41) is 18.5. The van der Waals surface area contributed by atoms with Crippen LogP contribution in [-0.4, -0.2) is 56.3 Å². The maximum atomic E-state index is 14.4. The van der Waals surface area contributed by atoms with E-state index in [-0.39, 0.29) is 29.8 Å². The molecule has 0 unspecified atom stereocenters. The number of piperidine rings is 1. The molecular formula is C32H32FN5O4. The number of nitriles is 1. The Bertz CT molecular complexity index is 1630. The van der Waals surface area contributed by atoms with E-state index < -0.39 is 11.8 Å². The Hall–Kier alpha value is -4.33. The summed E-state index contributed by atoms with van der Waals surface area (Å²) in [4.78, 5) is 23.4. The number of likely N-dealkylation sites (tertiary alicyclic amines) is 1. The summed E-state index contributed by atoms with van der Waals surface area (Å²) in [6.45, 7) is 3.81. The van der Waals surface area contributed by atoms with Gasteiger partial charge in [-0.05, 0) is 81.1 Å². The van der Waals surface area contributed by atoms with Gasteiger partial charge in [0.05, 0.1) is 47.4 Å². The minimum absolute atomic E-state index is 0.0327. The zero-order valence-corrected chi connectivity index (χ0v) is 23.2. The van der Waals surface area contributed by atoms with Crippen molar-refractivity contribution >= 4 is 17.0 Å². The highest BCUT2D eigenvalue weighted by atomic mass is 19.1. The van der Waals surface area contributed by atoms with E-state index in [1.165, 1.54) is 6.07 Å². The summed E-state index contributed by atoms with van der Waals surface area (Å²) in [5.74, 6) is 0.249. The van der Waals surface area contributed by atoms with Crippen LogP contribution in [0.3, 0.4) is 0 Å². The lowest BCUT2D eigenvalue weighted by Crippen LogP contribution is -2.34. The topological polar surface area (TPSA) is 114 Å². The molecule has 6 rings (SSSR count). The van der Waals surface area contributed by atoms with Crippen LogP contribution in [0.25, 0.3) is 11.0 Å². The molecule has 9 nitrogen and oxygen atoms in total. The highest BCUT2D eigenvalue weighted by molar-refractivity contribution is 5.92. The molecule has 4 heterocycles. The average Bonchev–Trinajstić information content (AvgIpc) is 3.65. The maximum Gasteiger partial charge on any atom is 0.335 e. The number of aromatic nitrogens is 3. The van der Waals surface area contributed by atoms with Crippen molar-refractivity contribution in [3.05, 3.63) is 88.6 Å². The number of halogens is 1. The largest absolute Gasteiger partial charge is 0.478 e. The standard InChI is InChI=1S/C32H32FN5O4/c33-27-15-21(17-34)5-6-24(27)20-42-31-26(4-1-11-35-31)22-9-12-37(13-10-22)19-30-36-28-8-7-23(32(39)40)16-29(28)38(30)18-25-3-2-14-41-25/h1,4-8,11,15-16,22,25H,2-3,9-10,12-14,18-20H2,(H,39,40)/t25-/m0/s1. The molecule has 0 radical (unpaired) electrons. The molecule has 2 aromatic heterocycles. The van der Waals surface area contributed by atoms with Gasteiger partial charge in [-0.1, -0.05) is 12.1 Å². The zero-order valence-electron chi connectivity index (χ0n) is 23.2. The van der Waals surface area contributed by atoms with E-state index in [4.69, 9.17) is 19.7 Å². The summed E-state index contributed by atoms with van der Waals surface area (Å²) in [5.41, 5.74) is 3.53. The molecule has 1 atom stereocenters. The van der Waals surface area contributed by atoms with Gasteiger partial charge in [0, 0.05) is 23.9 Å². The average molecular weight is 570 g/mol. The number of nitrogens with zero attached hydrogens (tertiary/aromatic N) is 5. The number of pyridine rings is 1. The van der Waals surface area contributed by atoms with Gasteiger partial charge in [0.2, 0.25) is 5.88 Å². The van der Waals surface area contributed by atoms with Crippen LogP contribution in [0.5, 0.6) is 5.88 Å². The van der Waals surface area contributed by atoms with Crippen molar-refractivity contribution < 1.29 is 23.8 Å². The van der Waals surface area contributed by atoms with E-state index in [0.717, 1.165) is 67.8 Å². The quantitative estimate of drug-likeness (QED) is 0.290. The van der Waals surface area contributed by atoms with Crippen molar-refractivity contribution in [2.75, 3.05) is 19.7 Å². The summed E-state index contributed by atoms with van der Waals surface area (Å²) in [6.07, 6.45) is 5.60. The van der Waals surface area contributed by atoms with Crippen molar-refractivity contribution in [2.24, 2.45) is 0 Å². The molecule has 0 spiro atoms. The second-order valence-electron chi connectivity index (χ2n) is 10.9. The lowest BCUT2D eigenvalue weighted by Gasteiger charge is -2.32. The Balaban J connectivity index is 1.14. The van der Waals surface area contributed by atoms with E-state index in [1.807, 2.05) is 18.2 Å². The second kappa shape index (κ2) is 12.3. The number of imidazole rings is 1. The van der Waals surface area contributed by atoms with Crippen LogP contribution in [0.15, 0.2) is 54.7 Å². The van der Waals surface area contributed by atoms with Crippen molar-refractivity contribution in [1.29, 1.82) is 5.26 Å². The summed E-state index contributed by atoms with van der Waals surface area (Å²) < 4.78 is 28.4. The highest BCUT2D eigenvalue weighted by Gasteiger charge is 2.26. The first kappa shape index (κ1) is 27.8. The molecule has 2 fully saturated rings. The van der Waals surface area contributed by atoms with Gasteiger partial charge in [0.25, 0.3) is 0 Å². The van der Waals surface area contributed by atoms with Gasteiger partial charge in [-0.15, -0.1) is 0 Å². The van der Waals surface area contributed by atoms with Crippen LogP contribution in [0, 0.1) is 17.1 Å². The number of carbonyl (C=O) groups is 1. The lowest BCUT2D eigenvalue weighted by atomic mass is 9.90. The highest BCUT2D eigenvalue weighted by Crippen LogP contribution is 2.34. The number of ether oxygens (including phenoxy) is 2. The van der Waals surface area contributed by atoms with Gasteiger partial charge in [0.1, 0.15) is 18.2 Å². The minimum Gasteiger partial charge on any atom is -0.478 e. The zero-order chi connectivity index (χ0) is 29.1. The first-order valence-electron chi connectivity index (χ1n) is 14.3. The van der Waals surface area contributed by atoms with E-state index in [1.54, 1.807) is 36.5 Å². The van der Waals surface area contributed by atoms with Crippen LogP contribution >= 0.6 is 0 Å². The Morgan fingerprint density at radius 3 is 2.76 bits per heavy atom. The van der Waals surface area contributed by atoms with Gasteiger partial charge in [0.15, 0.2) is 0 Å². The molecule has 2 saturated heterocycles. The number of aromatic carboxylic acids is 1. The molecule has 216 valence electrons.